The Labute approximate surface area is 239 Å². The van der Waals surface area contributed by atoms with Crippen LogP contribution in [0.5, 0.6) is 0 Å². The standard InChI is InChI=1S/C36H20ClN3O/c37-28-12-7-14-30-34(28)27-18-21-8-1-2-9-22(21)19-31(27)40(30)36-38-29-13-5-3-11-26(29)35(39-36)23-16-17-25-24-10-4-6-15-32(24)41-33(25)20-23/h1-20H. The molecule has 0 unspecified atom stereocenters. The third kappa shape index (κ3) is 3.28. The minimum Gasteiger partial charge on any atom is -0.456 e. The number of fused-ring (bicyclic) bond motifs is 8. The van der Waals surface area contributed by atoms with Gasteiger partial charge in [0.1, 0.15) is 11.2 Å². The molecule has 3 aromatic heterocycles. The fourth-order valence-electron chi connectivity index (χ4n) is 6.18. The summed E-state index contributed by atoms with van der Waals surface area (Å²) in [6.07, 6.45) is 0. The number of hydrogen-bond donors (Lipinski definition) is 0. The lowest BCUT2D eigenvalue weighted by Gasteiger charge is -2.12. The van der Waals surface area contributed by atoms with Crippen LogP contribution in [0.1, 0.15) is 0 Å². The SMILES string of the molecule is Clc1cccc2c1c1cc3ccccc3cc1n2-c1nc(-c2ccc3c(c2)oc2ccccc23)c2ccccc2n1. The zero-order valence-electron chi connectivity index (χ0n) is 21.7. The molecule has 9 rings (SSSR count). The van der Waals surface area contributed by atoms with Crippen molar-refractivity contribution in [1.82, 2.24) is 14.5 Å². The lowest BCUT2D eigenvalue weighted by atomic mass is 10.0. The van der Waals surface area contributed by atoms with Crippen LogP contribution in [-0.2, 0) is 0 Å². The Morgan fingerprint density at radius 1 is 0.561 bits per heavy atom. The Bertz CT molecular complexity index is 2510. The van der Waals surface area contributed by atoms with Gasteiger partial charge < -0.3 is 4.42 Å². The minimum absolute atomic E-state index is 0.598. The van der Waals surface area contributed by atoms with Gasteiger partial charge in [-0.25, -0.2) is 9.97 Å². The van der Waals surface area contributed by atoms with E-state index in [0.29, 0.717) is 11.0 Å². The van der Waals surface area contributed by atoms with E-state index in [1.54, 1.807) is 0 Å². The van der Waals surface area contributed by atoms with Gasteiger partial charge in [0.15, 0.2) is 0 Å². The van der Waals surface area contributed by atoms with Crippen LogP contribution in [0.3, 0.4) is 0 Å². The first kappa shape index (κ1) is 22.6. The summed E-state index contributed by atoms with van der Waals surface area (Å²) in [6, 6.07) is 41.5. The molecule has 0 saturated carbocycles. The van der Waals surface area contributed by atoms with Gasteiger partial charge in [-0.15, -0.1) is 0 Å². The van der Waals surface area contributed by atoms with Gasteiger partial charge in [-0.3, -0.25) is 4.57 Å². The third-order valence-electron chi connectivity index (χ3n) is 8.05. The van der Waals surface area contributed by atoms with Gasteiger partial charge in [-0.2, -0.15) is 0 Å². The lowest BCUT2D eigenvalue weighted by molar-refractivity contribution is 0.669. The predicted octanol–water partition coefficient (Wildman–Crippen LogP) is 10.1. The molecule has 0 spiro atoms. The van der Waals surface area contributed by atoms with E-state index in [1.165, 1.54) is 5.39 Å². The first-order valence-corrected chi connectivity index (χ1v) is 13.9. The van der Waals surface area contributed by atoms with Gasteiger partial charge in [-0.1, -0.05) is 84.4 Å². The second-order valence-electron chi connectivity index (χ2n) is 10.4. The molecule has 0 radical (unpaired) electrons. The molecule has 0 amide bonds. The molecular weight excluding hydrogens is 526 g/mol. The molecule has 9 aromatic rings. The molecule has 0 bridgehead atoms. The second-order valence-corrected chi connectivity index (χ2v) is 10.8. The summed E-state index contributed by atoms with van der Waals surface area (Å²) in [5, 5.41) is 8.27. The number of benzene rings is 6. The van der Waals surface area contributed by atoms with Crippen LogP contribution in [0.4, 0.5) is 0 Å². The molecule has 0 atom stereocenters. The van der Waals surface area contributed by atoms with Crippen LogP contribution in [0.25, 0.3) is 82.6 Å². The smallest absolute Gasteiger partial charge is 0.235 e. The third-order valence-corrected chi connectivity index (χ3v) is 8.37. The minimum atomic E-state index is 0.598. The van der Waals surface area contributed by atoms with Gasteiger partial charge in [0, 0.05) is 32.5 Å². The largest absolute Gasteiger partial charge is 0.456 e. The highest BCUT2D eigenvalue weighted by atomic mass is 35.5. The van der Waals surface area contributed by atoms with E-state index in [-0.39, 0.29) is 0 Å². The summed E-state index contributed by atoms with van der Waals surface area (Å²) in [5.41, 5.74) is 6.39. The van der Waals surface area contributed by atoms with E-state index in [1.807, 2.05) is 48.5 Å². The molecule has 5 heteroatoms. The van der Waals surface area contributed by atoms with Crippen LogP contribution >= 0.6 is 11.6 Å². The van der Waals surface area contributed by atoms with E-state index < -0.39 is 0 Å². The maximum Gasteiger partial charge on any atom is 0.235 e. The van der Waals surface area contributed by atoms with Crippen LogP contribution in [0.15, 0.2) is 126 Å². The molecule has 0 aliphatic heterocycles. The number of hydrogen-bond acceptors (Lipinski definition) is 3. The van der Waals surface area contributed by atoms with Crippen molar-refractivity contribution in [1.29, 1.82) is 0 Å². The first-order valence-electron chi connectivity index (χ1n) is 13.5. The summed E-state index contributed by atoms with van der Waals surface area (Å²) in [5.74, 6) is 0.598. The van der Waals surface area contributed by atoms with Gasteiger partial charge in [-0.05, 0) is 59.3 Å². The number of halogens is 1. The molecule has 3 heterocycles. The molecule has 192 valence electrons. The van der Waals surface area contributed by atoms with Gasteiger partial charge in [0.05, 0.1) is 27.3 Å². The van der Waals surface area contributed by atoms with Crippen molar-refractivity contribution in [2.75, 3.05) is 0 Å². The average molecular weight is 546 g/mol. The van der Waals surface area contributed by atoms with Gasteiger partial charge in [0.25, 0.3) is 0 Å². The van der Waals surface area contributed by atoms with E-state index in [0.717, 1.165) is 71.3 Å². The van der Waals surface area contributed by atoms with Crippen molar-refractivity contribution in [2.24, 2.45) is 0 Å². The fraction of sp³-hybridized carbons (Fsp3) is 0. The molecule has 0 saturated heterocycles. The quantitative estimate of drug-likeness (QED) is 0.217. The highest BCUT2D eigenvalue weighted by molar-refractivity contribution is 6.38. The molecule has 6 aromatic carbocycles. The number of aromatic nitrogens is 3. The zero-order valence-corrected chi connectivity index (χ0v) is 22.4. The van der Waals surface area contributed by atoms with Crippen molar-refractivity contribution < 1.29 is 4.42 Å². The summed E-state index contributed by atoms with van der Waals surface area (Å²) < 4.78 is 8.37. The van der Waals surface area contributed by atoms with E-state index in [2.05, 4.69) is 77.4 Å². The monoisotopic (exact) mass is 545 g/mol. The molecule has 0 fully saturated rings. The van der Waals surface area contributed by atoms with Gasteiger partial charge in [0.2, 0.25) is 5.95 Å². The predicted molar refractivity (Wildman–Crippen MR) is 169 cm³/mol. The maximum atomic E-state index is 6.83. The van der Waals surface area contributed by atoms with Crippen LogP contribution in [-0.4, -0.2) is 14.5 Å². The topological polar surface area (TPSA) is 43.9 Å². The number of furan rings is 1. The van der Waals surface area contributed by atoms with Crippen LogP contribution in [0.2, 0.25) is 5.02 Å². The average Bonchev–Trinajstić information content (AvgIpc) is 3.54. The van der Waals surface area contributed by atoms with Crippen LogP contribution in [0, 0.1) is 0 Å². The summed E-state index contributed by atoms with van der Waals surface area (Å²) in [7, 11) is 0. The Hall–Kier alpha value is -5.19. The molecule has 4 nitrogen and oxygen atoms in total. The molecule has 0 N–H and O–H groups in total. The Balaban J connectivity index is 1.37. The van der Waals surface area contributed by atoms with Crippen LogP contribution < -0.4 is 0 Å². The van der Waals surface area contributed by atoms with E-state index in [4.69, 9.17) is 26.0 Å². The Morgan fingerprint density at radius 2 is 1.32 bits per heavy atom. The number of nitrogens with zero attached hydrogens (tertiary/aromatic N) is 3. The lowest BCUT2D eigenvalue weighted by Crippen LogP contribution is -2.03. The number of para-hydroxylation sites is 2. The van der Waals surface area contributed by atoms with Crippen molar-refractivity contribution in [3.63, 3.8) is 0 Å². The van der Waals surface area contributed by atoms with Gasteiger partial charge >= 0.3 is 0 Å². The number of rotatable bonds is 2. The molecule has 41 heavy (non-hydrogen) atoms. The zero-order chi connectivity index (χ0) is 27.1. The summed E-state index contributed by atoms with van der Waals surface area (Å²) in [4.78, 5) is 10.3. The van der Waals surface area contributed by atoms with E-state index >= 15 is 0 Å². The summed E-state index contributed by atoms with van der Waals surface area (Å²) in [6.45, 7) is 0. The van der Waals surface area contributed by atoms with Crippen molar-refractivity contribution in [3.8, 4) is 17.2 Å². The van der Waals surface area contributed by atoms with Crippen molar-refractivity contribution in [2.45, 2.75) is 0 Å². The summed E-state index contributed by atoms with van der Waals surface area (Å²) >= 11 is 6.83. The molecule has 0 aliphatic carbocycles. The Morgan fingerprint density at radius 3 is 2.22 bits per heavy atom. The first-order chi connectivity index (χ1) is 20.2. The highest BCUT2D eigenvalue weighted by Gasteiger charge is 2.20. The normalized spacial score (nSPS) is 12.0. The second kappa shape index (κ2) is 8.40. The molecule has 0 aliphatic rings. The highest BCUT2D eigenvalue weighted by Crippen LogP contribution is 2.39. The van der Waals surface area contributed by atoms with Crippen molar-refractivity contribution >= 4 is 77.0 Å². The van der Waals surface area contributed by atoms with Crippen molar-refractivity contribution in [3.05, 3.63) is 126 Å². The molecular formula is C36H20ClN3O. The Kier molecular flexibility index (Phi) is 4.63. The maximum absolute atomic E-state index is 6.83. The van der Waals surface area contributed by atoms with E-state index in [9.17, 15) is 0 Å². The fourth-order valence-corrected chi connectivity index (χ4v) is 6.45.